The summed E-state index contributed by atoms with van der Waals surface area (Å²) in [5, 5.41) is 6.61. The molecular formula is C51H29N3O2S. The molecule has 0 saturated heterocycles. The van der Waals surface area contributed by atoms with Gasteiger partial charge in [-0.25, -0.2) is 15.0 Å². The van der Waals surface area contributed by atoms with Crippen molar-refractivity contribution in [3.05, 3.63) is 176 Å². The first-order valence-electron chi connectivity index (χ1n) is 18.9. The summed E-state index contributed by atoms with van der Waals surface area (Å²) in [6.45, 7) is 0. The van der Waals surface area contributed by atoms with Crippen LogP contribution in [0.25, 0.3) is 120 Å². The molecule has 0 fully saturated rings. The second-order valence-corrected chi connectivity index (χ2v) is 15.3. The molecule has 4 aromatic heterocycles. The summed E-state index contributed by atoms with van der Waals surface area (Å²) in [5.41, 5.74) is 10.5. The summed E-state index contributed by atoms with van der Waals surface area (Å²) in [6, 6.07) is 60.9. The Kier molecular flexibility index (Phi) is 7.03. The number of thiophene rings is 1. The van der Waals surface area contributed by atoms with E-state index in [1.165, 1.54) is 36.9 Å². The van der Waals surface area contributed by atoms with E-state index in [2.05, 4.69) is 109 Å². The molecule has 0 aliphatic carbocycles. The van der Waals surface area contributed by atoms with E-state index in [0.29, 0.717) is 17.5 Å². The molecule has 6 heteroatoms. The minimum Gasteiger partial charge on any atom is -0.456 e. The molecule has 0 N–H and O–H groups in total. The number of aromatic nitrogens is 3. The predicted octanol–water partition coefficient (Wildman–Crippen LogP) is 14.4. The molecule has 0 amide bonds. The van der Waals surface area contributed by atoms with Crippen molar-refractivity contribution in [2.24, 2.45) is 0 Å². The van der Waals surface area contributed by atoms with E-state index < -0.39 is 0 Å². The number of nitrogens with zero attached hydrogens (tertiary/aromatic N) is 3. The van der Waals surface area contributed by atoms with Gasteiger partial charge in [0.2, 0.25) is 0 Å². The van der Waals surface area contributed by atoms with Gasteiger partial charge >= 0.3 is 0 Å². The van der Waals surface area contributed by atoms with Crippen molar-refractivity contribution in [1.29, 1.82) is 0 Å². The van der Waals surface area contributed by atoms with Gasteiger partial charge in [0, 0.05) is 52.8 Å². The van der Waals surface area contributed by atoms with Crippen molar-refractivity contribution in [3.8, 4) is 56.4 Å². The van der Waals surface area contributed by atoms with Crippen LogP contribution in [0.5, 0.6) is 0 Å². The van der Waals surface area contributed by atoms with Crippen LogP contribution < -0.4 is 0 Å². The van der Waals surface area contributed by atoms with E-state index >= 15 is 0 Å². The summed E-state index contributed by atoms with van der Waals surface area (Å²) in [6.07, 6.45) is 0. The second kappa shape index (κ2) is 12.6. The fraction of sp³-hybridized carbons (Fsp3) is 0. The Labute approximate surface area is 330 Å². The Balaban J connectivity index is 1.05. The first-order valence-corrected chi connectivity index (χ1v) is 19.7. The standard InChI is InChI=1S/C51H29N3O2S/c1-3-13-30(14-4-1)33-26-27-34(48-46(33)37-18-8-10-24-44(37)57-48)32-25-28-42-40(29-32)35-19-11-21-39(47(35)56-42)51-53-49(31-15-5-2-6-16-31)52-50(54-51)38-20-12-23-43-45(38)36-17-7-9-22-41(36)55-43/h1-29H. The lowest BCUT2D eigenvalue weighted by atomic mass is 9.94. The quantitative estimate of drug-likeness (QED) is 0.175. The third-order valence-electron chi connectivity index (χ3n) is 11.0. The van der Waals surface area contributed by atoms with Crippen LogP contribution in [0, 0.1) is 0 Å². The highest BCUT2D eigenvalue weighted by atomic mass is 32.1. The first-order chi connectivity index (χ1) is 28.2. The Morgan fingerprint density at radius 3 is 1.84 bits per heavy atom. The van der Waals surface area contributed by atoms with Gasteiger partial charge < -0.3 is 8.83 Å². The summed E-state index contributed by atoms with van der Waals surface area (Å²) in [5.74, 6) is 1.69. The van der Waals surface area contributed by atoms with Crippen molar-refractivity contribution in [2.75, 3.05) is 0 Å². The summed E-state index contributed by atoms with van der Waals surface area (Å²) in [4.78, 5) is 15.4. The summed E-state index contributed by atoms with van der Waals surface area (Å²) < 4.78 is 15.5. The van der Waals surface area contributed by atoms with Crippen molar-refractivity contribution >= 4 is 75.4 Å². The largest absolute Gasteiger partial charge is 0.456 e. The van der Waals surface area contributed by atoms with Gasteiger partial charge in [0.1, 0.15) is 22.3 Å². The van der Waals surface area contributed by atoms with E-state index in [1.54, 1.807) is 0 Å². The molecule has 0 saturated carbocycles. The van der Waals surface area contributed by atoms with Crippen LogP contribution in [0.15, 0.2) is 185 Å². The maximum absolute atomic E-state index is 6.74. The molecule has 266 valence electrons. The Morgan fingerprint density at radius 2 is 0.982 bits per heavy atom. The minimum atomic E-state index is 0.539. The Morgan fingerprint density at radius 1 is 0.351 bits per heavy atom. The number of hydrogen-bond donors (Lipinski definition) is 0. The number of hydrogen-bond acceptors (Lipinski definition) is 6. The zero-order valence-electron chi connectivity index (χ0n) is 30.3. The Hall–Kier alpha value is -7.41. The fourth-order valence-electron chi connectivity index (χ4n) is 8.35. The number of rotatable bonds is 5. The first kappa shape index (κ1) is 31.9. The lowest BCUT2D eigenvalue weighted by Crippen LogP contribution is -2.00. The summed E-state index contributed by atoms with van der Waals surface area (Å²) >= 11 is 1.85. The molecular weight excluding hydrogens is 719 g/mol. The number of para-hydroxylation sites is 2. The number of benzene rings is 8. The van der Waals surface area contributed by atoms with Gasteiger partial charge in [-0.05, 0) is 58.7 Å². The molecule has 0 spiro atoms. The van der Waals surface area contributed by atoms with Gasteiger partial charge in [0.25, 0.3) is 0 Å². The van der Waals surface area contributed by atoms with Crippen LogP contribution >= 0.6 is 11.3 Å². The van der Waals surface area contributed by atoms with E-state index in [0.717, 1.165) is 66.1 Å². The van der Waals surface area contributed by atoms with Crippen molar-refractivity contribution in [1.82, 2.24) is 15.0 Å². The number of furan rings is 2. The normalized spacial score (nSPS) is 11.9. The Bertz CT molecular complexity index is 3530. The molecule has 5 nitrogen and oxygen atoms in total. The molecule has 12 aromatic rings. The molecule has 4 heterocycles. The van der Waals surface area contributed by atoms with Gasteiger partial charge in [0.15, 0.2) is 17.5 Å². The molecule has 0 aliphatic rings. The SMILES string of the molecule is c1ccc(-c2nc(-c3cccc4c3oc3ccc(-c5ccc(-c6ccccc6)c6c5sc5ccccc56)cc34)nc(-c3cccc4oc5ccccc5c34)n2)cc1. The average molecular weight is 748 g/mol. The molecule has 0 unspecified atom stereocenters. The van der Waals surface area contributed by atoms with E-state index in [-0.39, 0.29) is 0 Å². The van der Waals surface area contributed by atoms with Crippen LogP contribution in [0.4, 0.5) is 0 Å². The lowest BCUT2D eigenvalue weighted by molar-refractivity contribution is 0.668. The van der Waals surface area contributed by atoms with Crippen molar-refractivity contribution in [3.63, 3.8) is 0 Å². The predicted molar refractivity (Wildman–Crippen MR) is 234 cm³/mol. The van der Waals surface area contributed by atoms with Crippen LogP contribution in [0.2, 0.25) is 0 Å². The van der Waals surface area contributed by atoms with Crippen molar-refractivity contribution < 1.29 is 8.83 Å². The van der Waals surface area contributed by atoms with Gasteiger partial charge in [-0.1, -0.05) is 140 Å². The second-order valence-electron chi connectivity index (χ2n) is 14.3. The molecule has 0 bridgehead atoms. The van der Waals surface area contributed by atoms with E-state index in [1.807, 2.05) is 78.1 Å². The zero-order valence-corrected chi connectivity index (χ0v) is 31.1. The smallest absolute Gasteiger partial charge is 0.167 e. The highest BCUT2D eigenvalue weighted by Crippen LogP contribution is 2.46. The highest BCUT2D eigenvalue weighted by Gasteiger charge is 2.21. The molecule has 8 aromatic carbocycles. The third kappa shape index (κ3) is 5.04. The highest BCUT2D eigenvalue weighted by molar-refractivity contribution is 7.26. The fourth-order valence-corrected chi connectivity index (χ4v) is 9.61. The van der Waals surface area contributed by atoms with E-state index in [4.69, 9.17) is 23.8 Å². The monoisotopic (exact) mass is 747 g/mol. The number of fused-ring (bicyclic) bond motifs is 9. The maximum atomic E-state index is 6.74. The molecule has 0 radical (unpaired) electrons. The average Bonchev–Trinajstić information content (AvgIpc) is 3.98. The van der Waals surface area contributed by atoms with Gasteiger partial charge in [0.05, 0.1) is 5.56 Å². The third-order valence-corrected chi connectivity index (χ3v) is 12.2. The summed E-state index contributed by atoms with van der Waals surface area (Å²) in [7, 11) is 0. The van der Waals surface area contributed by atoms with Gasteiger partial charge in [-0.15, -0.1) is 11.3 Å². The van der Waals surface area contributed by atoms with Gasteiger partial charge in [-0.2, -0.15) is 0 Å². The van der Waals surface area contributed by atoms with Crippen LogP contribution in [-0.2, 0) is 0 Å². The molecule has 57 heavy (non-hydrogen) atoms. The van der Waals surface area contributed by atoms with Crippen LogP contribution in [0.1, 0.15) is 0 Å². The molecule has 0 aliphatic heterocycles. The van der Waals surface area contributed by atoms with Gasteiger partial charge in [-0.3, -0.25) is 0 Å². The van der Waals surface area contributed by atoms with E-state index in [9.17, 15) is 0 Å². The zero-order chi connectivity index (χ0) is 37.5. The van der Waals surface area contributed by atoms with Crippen LogP contribution in [-0.4, -0.2) is 15.0 Å². The molecule has 12 rings (SSSR count). The van der Waals surface area contributed by atoms with Crippen molar-refractivity contribution in [2.45, 2.75) is 0 Å². The minimum absolute atomic E-state index is 0.539. The van der Waals surface area contributed by atoms with Crippen LogP contribution in [0.3, 0.4) is 0 Å². The topological polar surface area (TPSA) is 65.0 Å². The molecule has 0 atom stereocenters. The lowest BCUT2D eigenvalue weighted by Gasteiger charge is -2.10. The maximum Gasteiger partial charge on any atom is 0.167 e.